The minimum atomic E-state index is -1.11. The van der Waals surface area contributed by atoms with Crippen LogP contribution < -0.4 is 0 Å². The molecule has 1 heterocycles. The molecule has 1 N–H and O–H groups in total. The summed E-state index contributed by atoms with van der Waals surface area (Å²) in [5.41, 5.74) is 1.33. The van der Waals surface area contributed by atoms with E-state index in [1.165, 1.54) is 6.92 Å². The summed E-state index contributed by atoms with van der Waals surface area (Å²) in [4.78, 5) is 15.7. The summed E-state index contributed by atoms with van der Waals surface area (Å²) in [6.07, 6.45) is 0. The van der Waals surface area contributed by atoms with Crippen LogP contribution in [0.3, 0.4) is 0 Å². The Labute approximate surface area is 115 Å². The van der Waals surface area contributed by atoms with Gasteiger partial charge in [0.05, 0.1) is 18.0 Å². The van der Waals surface area contributed by atoms with E-state index in [1.807, 2.05) is 0 Å². The maximum atomic E-state index is 11.5. The second-order valence-corrected chi connectivity index (χ2v) is 11.6. The van der Waals surface area contributed by atoms with E-state index in [4.69, 9.17) is 4.74 Å². The number of aliphatic hydroxyl groups excluding tert-OH is 1. The molecule has 1 aromatic rings. The highest BCUT2D eigenvalue weighted by Gasteiger charge is 2.17. The summed E-state index contributed by atoms with van der Waals surface area (Å²) >= 11 is 0. The van der Waals surface area contributed by atoms with Gasteiger partial charge in [0.1, 0.15) is 6.73 Å². The van der Waals surface area contributed by atoms with Gasteiger partial charge in [0.2, 0.25) is 0 Å². The van der Waals surface area contributed by atoms with E-state index >= 15 is 0 Å². The average molecular weight is 284 g/mol. The van der Waals surface area contributed by atoms with E-state index in [0.717, 1.165) is 6.04 Å². The summed E-state index contributed by atoms with van der Waals surface area (Å²) in [6, 6.07) is 1.07. The second kappa shape index (κ2) is 6.45. The minimum Gasteiger partial charge on any atom is -0.390 e. The molecular formula is C13H24N2O3Si. The first-order valence-electron chi connectivity index (χ1n) is 6.52. The molecule has 0 saturated carbocycles. The predicted molar refractivity (Wildman–Crippen MR) is 77.0 cm³/mol. The van der Waals surface area contributed by atoms with Crippen LogP contribution in [0.15, 0.2) is 0 Å². The zero-order valence-corrected chi connectivity index (χ0v) is 13.5. The molecule has 1 rings (SSSR count). The molecular weight excluding hydrogens is 260 g/mol. The number of ketones is 1. The highest BCUT2D eigenvalue weighted by molar-refractivity contribution is 6.76. The van der Waals surface area contributed by atoms with Crippen LogP contribution in [0.5, 0.6) is 0 Å². The highest BCUT2D eigenvalue weighted by Crippen LogP contribution is 2.13. The number of aliphatic hydroxyl groups is 1. The number of ether oxygens (including phenoxy) is 1. The number of hydrogen-bond donors (Lipinski definition) is 1. The van der Waals surface area contributed by atoms with E-state index in [2.05, 4.69) is 24.6 Å². The molecule has 0 spiro atoms. The highest BCUT2D eigenvalue weighted by atomic mass is 28.3. The van der Waals surface area contributed by atoms with E-state index < -0.39 is 8.07 Å². The van der Waals surface area contributed by atoms with Gasteiger partial charge in [0, 0.05) is 21.6 Å². The Hall–Kier alpha value is -0.983. The van der Waals surface area contributed by atoms with Gasteiger partial charge in [-0.1, -0.05) is 19.6 Å². The van der Waals surface area contributed by atoms with Gasteiger partial charge in [-0.05, 0) is 13.0 Å². The normalized spacial score (nSPS) is 11.9. The van der Waals surface area contributed by atoms with Crippen LogP contribution in [-0.4, -0.2) is 35.1 Å². The summed E-state index contributed by atoms with van der Waals surface area (Å²) in [5, 5.41) is 9.36. The van der Waals surface area contributed by atoms with E-state index in [-0.39, 0.29) is 19.1 Å². The average Bonchev–Trinajstić information content (AvgIpc) is 2.60. The van der Waals surface area contributed by atoms with Crippen LogP contribution in [-0.2, 0) is 18.1 Å². The van der Waals surface area contributed by atoms with Crippen LogP contribution in [0, 0.1) is 6.92 Å². The summed E-state index contributed by atoms with van der Waals surface area (Å²) in [5.74, 6) is 0.242. The molecule has 0 radical (unpaired) electrons. The fraction of sp³-hybridized carbons (Fsp3) is 0.692. The molecule has 0 unspecified atom stereocenters. The Morgan fingerprint density at radius 1 is 1.42 bits per heavy atom. The van der Waals surface area contributed by atoms with E-state index in [1.54, 1.807) is 11.5 Å². The second-order valence-electron chi connectivity index (χ2n) is 5.96. The molecule has 108 valence electrons. The number of aryl methyl sites for hydroxylation is 1. The molecule has 0 atom stereocenters. The third-order valence-corrected chi connectivity index (χ3v) is 4.66. The predicted octanol–water partition coefficient (Wildman–Crippen LogP) is 2.20. The zero-order chi connectivity index (χ0) is 14.6. The molecule has 0 aliphatic rings. The first-order valence-corrected chi connectivity index (χ1v) is 10.2. The van der Waals surface area contributed by atoms with E-state index in [0.29, 0.717) is 23.8 Å². The lowest BCUT2D eigenvalue weighted by atomic mass is 10.3. The Kier molecular flexibility index (Phi) is 5.46. The van der Waals surface area contributed by atoms with Gasteiger partial charge in [0.25, 0.3) is 0 Å². The fourth-order valence-electron chi connectivity index (χ4n) is 1.75. The van der Waals surface area contributed by atoms with Crippen LogP contribution in [0.25, 0.3) is 0 Å². The Bertz CT molecular complexity index is 449. The lowest BCUT2D eigenvalue weighted by molar-refractivity contribution is 0.0765. The number of carbonyl (C=O) groups excluding carboxylic acids is 1. The summed E-state index contributed by atoms with van der Waals surface area (Å²) < 4.78 is 7.31. The van der Waals surface area contributed by atoms with E-state index in [9.17, 15) is 9.90 Å². The molecule has 0 fully saturated rings. The number of carbonyl (C=O) groups is 1. The van der Waals surface area contributed by atoms with Crippen molar-refractivity contribution in [2.45, 2.75) is 52.9 Å². The van der Waals surface area contributed by atoms with Gasteiger partial charge in [-0.3, -0.25) is 9.36 Å². The van der Waals surface area contributed by atoms with Gasteiger partial charge < -0.3 is 9.84 Å². The third kappa shape index (κ3) is 4.56. The quantitative estimate of drug-likeness (QED) is 0.473. The van der Waals surface area contributed by atoms with Gasteiger partial charge in [-0.25, -0.2) is 4.98 Å². The molecule has 0 aliphatic heterocycles. The number of hydrogen-bond acceptors (Lipinski definition) is 4. The number of aromatic nitrogens is 2. The number of nitrogens with zero attached hydrogens (tertiary/aromatic N) is 2. The van der Waals surface area contributed by atoms with Crippen LogP contribution >= 0.6 is 0 Å². The lowest BCUT2D eigenvalue weighted by Crippen LogP contribution is -2.22. The van der Waals surface area contributed by atoms with Crippen LogP contribution in [0.2, 0.25) is 25.7 Å². The molecule has 5 nitrogen and oxygen atoms in total. The first-order chi connectivity index (χ1) is 8.76. The third-order valence-electron chi connectivity index (χ3n) is 2.95. The standard InChI is InChI=1S/C13H24N2O3Si/c1-10-12(8-16)15(13(14-10)11(2)17)9-18-6-7-19(3,4)5/h16H,6-9H2,1-5H3. The largest absolute Gasteiger partial charge is 0.390 e. The van der Waals surface area contributed by atoms with Crippen molar-refractivity contribution < 1.29 is 14.6 Å². The molecule has 0 aliphatic carbocycles. The smallest absolute Gasteiger partial charge is 0.195 e. The first kappa shape index (κ1) is 16.1. The fourth-order valence-corrected chi connectivity index (χ4v) is 2.51. The minimum absolute atomic E-state index is 0.114. The molecule has 6 heteroatoms. The molecule has 19 heavy (non-hydrogen) atoms. The molecule has 1 aromatic heterocycles. The molecule has 0 amide bonds. The molecule has 0 bridgehead atoms. The Morgan fingerprint density at radius 2 is 2.05 bits per heavy atom. The van der Waals surface area contributed by atoms with Crippen molar-refractivity contribution in [1.29, 1.82) is 0 Å². The SMILES string of the molecule is CC(=O)c1nc(C)c(CO)n1COCC[Si](C)(C)C. The Balaban J connectivity index is 2.74. The summed E-state index contributed by atoms with van der Waals surface area (Å²) in [6.45, 7) is 10.9. The number of Topliss-reactive ketones (excluding diaryl/α,β-unsaturated/α-hetero) is 1. The topological polar surface area (TPSA) is 64.3 Å². The lowest BCUT2D eigenvalue weighted by Gasteiger charge is -2.16. The van der Waals surface area contributed by atoms with Crippen LogP contribution in [0.4, 0.5) is 0 Å². The molecule has 0 aromatic carbocycles. The summed E-state index contributed by atoms with van der Waals surface area (Å²) in [7, 11) is -1.11. The van der Waals surface area contributed by atoms with Gasteiger partial charge in [0.15, 0.2) is 11.6 Å². The maximum Gasteiger partial charge on any atom is 0.195 e. The van der Waals surface area contributed by atoms with Crippen molar-refractivity contribution in [3.63, 3.8) is 0 Å². The van der Waals surface area contributed by atoms with Crippen molar-refractivity contribution in [2.75, 3.05) is 6.61 Å². The molecule has 0 saturated heterocycles. The van der Waals surface area contributed by atoms with Crippen molar-refractivity contribution in [3.8, 4) is 0 Å². The number of rotatable bonds is 7. The number of imidazole rings is 1. The zero-order valence-electron chi connectivity index (χ0n) is 12.5. The van der Waals surface area contributed by atoms with Gasteiger partial charge in [-0.2, -0.15) is 0 Å². The van der Waals surface area contributed by atoms with Gasteiger partial charge >= 0.3 is 0 Å². The Morgan fingerprint density at radius 3 is 2.53 bits per heavy atom. The monoisotopic (exact) mass is 284 g/mol. The van der Waals surface area contributed by atoms with Gasteiger partial charge in [-0.15, -0.1) is 0 Å². The van der Waals surface area contributed by atoms with Crippen molar-refractivity contribution in [3.05, 3.63) is 17.2 Å². The van der Waals surface area contributed by atoms with Crippen LogP contribution in [0.1, 0.15) is 28.9 Å². The van der Waals surface area contributed by atoms with Crippen molar-refractivity contribution in [2.24, 2.45) is 0 Å². The van der Waals surface area contributed by atoms with Crippen molar-refractivity contribution in [1.82, 2.24) is 9.55 Å². The van der Waals surface area contributed by atoms with Crippen molar-refractivity contribution >= 4 is 13.9 Å². The maximum absolute atomic E-state index is 11.5.